The number of carbonyl (C=O) groups excluding carboxylic acids is 1. The number of rotatable bonds is 7. The molecule has 0 spiro atoms. The summed E-state index contributed by atoms with van der Waals surface area (Å²) >= 11 is 0. The van der Waals surface area contributed by atoms with Gasteiger partial charge in [0.2, 0.25) is 0 Å². The first-order valence-corrected chi connectivity index (χ1v) is 5.00. The van der Waals surface area contributed by atoms with Crippen LogP contribution in [0.5, 0.6) is 0 Å². The molecular formula is C10H20O4. The maximum Gasteiger partial charge on any atom is 0.306 e. The summed E-state index contributed by atoms with van der Waals surface area (Å²) in [6, 6.07) is 0. The van der Waals surface area contributed by atoms with Gasteiger partial charge in [-0.3, -0.25) is 4.79 Å². The smallest absolute Gasteiger partial charge is 0.306 e. The van der Waals surface area contributed by atoms with Gasteiger partial charge in [0.1, 0.15) is 0 Å². The number of aliphatic hydroxyl groups excluding tert-OH is 2. The van der Waals surface area contributed by atoms with E-state index in [9.17, 15) is 4.79 Å². The number of hydrogen-bond donors (Lipinski definition) is 2. The van der Waals surface area contributed by atoms with Gasteiger partial charge in [-0.15, -0.1) is 0 Å². The van der Waals surface area contributed by atoms with E-state index in [1.165, 1.54) is 0 Å². The van der Waals surface area contributed by atoms with Crippen molar-refractivity contribution < 1.29 is 19.7 Å². The fourth-order valence-corrected chi connectivity index (χ4v) is 1.01. The van der Waals surface area contributed by atoms with Gasteiger partial charge in [-0.05, 0) is 19.3 Å². The van der Waals surface area contributed by atoms with Crippen molar-refractivity contribution in [2.75, 3.05) is 13.2 Å². The van der Waals surface area contributed by atoms with E-state index >= 15 is 0 Å². The molecule has 0 bridgehead atoms. The molecule has 0 aliphatic carbocycles. The molecule has 2 atom stereocenters. The highest BCUT2D eigenvalue weighted by atomic mass is 16.5. The second-order valence-corrected chi connectivity index (χ2v) is 3.68. The van der Waals surface area contributed by atoms with Gasteiger partial charge in [0, 0.05) is 19.4 Å². The summed E-state index contributed by atoms with van der Waals surface area (Å²) in [6.45, 7) is 3.92. The van der Waals surface area contributed by atoms with Gasteiger partial charge in [0.05, 0.1) is 12.7 Å². The van der Waals surface area contributed by atoms with E-state index in [1.807, 2.05) is 6.92 Å². The Labute approximate surface area is 84.9 Å². The van der Waals surface area contributed by atoms with Crippen LogP contribution >= 0.6 is 0 Å². The van der Waals surface area contributed by atoms with Crippen LogP contribution in [0.25, 0.3) is 0 Å². The molecule has 0 heterocycles. The molecule has 0 saturated carbocycles. The van der Waals surface area contributed by atoms with E-state index in [0.29, 0.717) is 19.3 Å². The van der Waals surface area contributed by atoms with Crippen LogP contribution in [0, 0.1) is 5.92 Å². The first-order chi connectivity index (χ1) is 6.56. The lowest BCUT2D eigenvalue weighted by Gasteiger charge is -2.10. The number of hydrogen-bond acceptors (Lipinski definition) is 4. The summed E-state index contributed by atoms with van der Waals surface area (Å²) in [4.78, 5) is 11.1. The zero-order valence-corrected chi connectivity index (χ0v) is 8.90. The number of ether oxygens (including phenoxy) is 1. The molecule has 0 aliphatic rings. The van der Waals surface area contributed by atoms with E-state index < -0.39 is 6.10 Å². The Morgan fingerprint density at radius 2 is 2.00 bits per heavy atom. The minimum absolute atomic E-state index is 0.0993. The van der Waals surface area contributed by atoms with Crippen molar-refractivity contribution >= 4 is 5.97 Å². The monoisotopic (exact) mass is 204 g/mol. The molecule has 2 N–H and O–H groups in total. The molecule has 0 aromatic rings. The maximum absolute atomic E-state index is 11.1. The van der Waals surface area contributed by atoms with Crippen molar-refractivity contribution in [1.29, 1.82) is 0 Å². The number of carbonyl (C=O) groups is 1. The molecule has 0 aliphatic heterocycles. The Hall–Kier alpha value is -0.610. The number of aliphatic hydroxyl groups is 2. The molecule has 0 fully saturated rings. The minimum atomic E-state index is -0.433. The average Bonchev–Trinajstić information content (AvgIpc) is 2.03. The summed E-state index contributed by atoms with van der Waals surface area (Å²) in [5.74, 6) is -0.106. The van der Waals surface area contributed by atoms with Crippen molar-refractivity contribution in [2.45, 2.75) is 39.2 Å². The second-order valence-electron chi connectivity index (χ2n) is 3.68. The third kappa shape index (κ3) is 8.01. The summed E-state index contributed by atoms with van der Waals surface area (Å²) in [5, 5.41) is 17.5. The third-order valence-electron chi connectivity index (χ3n) is 1.94. The van der Waals surface area contributed by atoms with E-state index in [1.54, 1.807) is 6.92 Å². The molecule has 1 unspecified atom stereocenters. The van der Waals surface area contributed by atoms with Crippen LogP contribution in [-0.2, 0) is 9.53 Å². The Kier molecular flexibility index (Phi) is 7.42. The fraction of sp³-hybridized carbons (Fsp3) is 0.900. The second kappa shape index (κ2) is 7.76. The van der Waals surface area contributed by atoms with Crippen LogP contribution < -0.4 is 0 Å². The lowest BCUT2D eigenvalue weighted by atomic mass is 10.1. The maximum atomic E-state index is 11.1. The number of esters is 1. The van der Waals surface area contributed by atoms with E-state index in [-0.39, 0.29) is 25.1 Å². The zero-order chi connectivity index (χ0) is 11.0. The molecule has 4 nitrogen and oxygen atoms in total. The van der Waals surface area contributed by atoms with Gasteiger partial charge in [-0.1, -0.05) is 6.92 Å². The van der Waals surface area contributed by atoms with Crippen LogP contribution in [-0.4, -0.2) is 35.5 Å². The molecule has 4 heteroatoms. The first kappa shape index (κ1) is 13.4. The summed E-state index contributed by atoms with van der Waals surface area (Å²) in [5.41, 5.74) is 0. The highest BCUT2D eigenvalue weighted by molar-refractivity contribution is 5.69. The first-order valence-electron chi connectivity index (χ1n) is 5.00. The van der Waals surface area contributed by atoms with Crippen LogP contribution in [0.4, 0.5) is 0 Å². The van der Waals surface area contributed by atoms with Crippen molar-refractivity contribution in [3.63, 3.8) is 0 Å². The quantitative estimate of drug-likeness (QED) is 0.599. The Morgan fingerprint density at radius 1 is 1.36 bits per heavy atom. The molecule has 0 amide bonds. The highest BCUT2D eigenvalue weighted by Gasteiger charge is 2.09. The molecule has 0 aromatic carbocycles. The van der Waals surface area contributed by atoms with Crippen LogP contribution in [0.2, 0.25) is 0 Å². The van der Waals surface area contributed by atoms with Gasteiger partial charge in [0.15, 0.2) is 0 Å². The molecule has 14 heavy (non-hydrogen) atoms. The lowest BCUT2D eigenvalue weighted by Crippen LogP contribution is -2.13. The Morgan fingerprint density at radius 3 is 2.50 bits per heavy atom. The van der Waals surface area contributed by atoms with E-state index in [4.69, 9.17) is 14.9 Å². The molecule has 0 aromatic heterocycles. The summed E-state index contributed by atoms with van der Waals surface area (Å²) in [7, 11) is 0. The van der Waals surface area contributed by atoms with E-state index in [0.717, 1.165) is 0 Å². The molecule has 84 valence electrons. The van der Waals surface area contributed by atoms with Gasteiger partial charge in [-0.2, -0.15) is 0 Å². The predicted octanol–water partition coefficient (Wildman–Crippen LogP) is 0.709. The van der Waals surface area contributed by atoms with Gasteiger partial charge >= 0.3 is 5.97 Å². The van der Waals surface area contributed by atoms with Crippen molar-refractivity contribution in [3.05, 3.63) is 0 Å². The fourth-order valence-electron chi connectivity index (χ4n) is 1.01. The lowest BCUT2D eigenvalue weighted by molar-refractivity contribution is -0.145. The topological polar surface area (TPSA) is 66.8 Å². The van der Waals surface area contributed by atoms with E-state index in [2.05, 4.69) is 0 Å². The Bertz CT molecular complexity index is 156. The van der Waals surface area contributed by atoms with Crippen molar-refractivity contribution in [3.8, 4) is 0 Å². The predicted molar refractivity (Wildman–Crippen MR) is 52.7 cm³/mol. The minimum Gasteiger partial charge on any atom is -0.466 e. The SMILES string of the molecule is CC(CCO)CC(=O)OCC[C@@H](C)O. The highest BCUT2D eigenvalue weighted by Crippen LogP contribution is 2.07. The molecule has 0 saturated heterocycles. The van der Waals surface area contributed by atoms with Gasteiger partial charge in [-0.25, -0.2) is 0 Å². The van der Waals surface area contributed by atoms with Crippen molar-refractivity contribution in [2.24, 2.45) is 5.92 Å². The van der Waals surface area contributed by atoms with Crippen LogP contribution in [0.1, 0.15) is 33.1 Å². The molecular weight excluding hydrogens is 184 g/mol. The van der Waals surface area contributed by atoms with Gasteiger partial charge < -0.3 is 14.9 Å². The largest absolute Gasteiger partial charge is 0.466 e. The molecule has 0 radical (unpaired) electrons. The normalized spacial score (nSPS) is 14.9. The van der Waals surface area contributed by atoms with Crippen LogP contribution in [0.15, 0.2) is 0 Å². The zero-order valence-electron chi connectivity index (χ0n) is 8.90. The average molecular weight is 204 g/mol. The summed E-state index contributed by atoms with van der Waals surface area (Å²) < 4.78 is 4.89. The molecule has 0 rings (SSSR count). The Balaban J connectivity index is 3.45. The third-order valence-corrected chi connectivity index (χ3v) is 1.94. The summed E-state index contributed by atoms with van der Waals surface area (Å²) in [6.07, 6.45) is 0.990. The van der Waals surface area contributed by atoms with Crippen molar-refractivity contribution in [1.82, 2.24) is 0 Å². The van der Waals surface area contributed by atoms with Crippen LogP contribution in [0.3, 0.4) is 0 Å². The van der Waals surface area contributed by atoms with Gasteiger partial charge in [0.25, 0.3) is 0 Å². The standard InChI is InChI=1S/C10H20O4/c1-8(3-5-11)7-10(13)14-6-4-9(2)12/h8-9,11-12H,3-7H2,1-2H3/t8?,9-/m1/s1.